The van der Waals surface area contributed by atoms with E-state index >= 15 is 0 Å². The molecule has 1 N–H and O–H groups in total. The first-order chi connectivity index (χ1) is 16.5. The molecule has 1 aliphatic heterocycles. The smallest absolute Gasteiger partial charge is 0.323 e. The molecule has 34 heavy (non-hydrogen) atoms. The summed E-state index contributed by atoms with van der Waals surface area (Å²) in [6.07, 6.45) is 0. The maximum absolute atomic E-state index is 12.7. The SMILES string of the molecule is O=C(Nc1noc2ccccc12)N1CCN(Cc2cccc(Oc3ccc(Cl)c(Cl)c3)c2)CC1. The standard InChI is InChI=1S/C25H22Cl2N4O3/c26-21-9-8-19(15-22(21)27)33-18-5-3-4-17(14-18)16-30-10-12-31(13-11-30)25(32)28-24-20-6-1-2-7-23(20)34-29-24/h1-9,14-15H,10-13,16H2,(H,28,29,32). The molecule has 0 saturated carbocycles. The summed E-state index contributed by atoms with van der Waals surface area (Å²) < 4.78 is 11.2. The van der Waals surface area contributed by atoms with Crippen LogP contribution in [0.5, 0.6) is 11.5 Å². The highest BCUT2D eigenvalue weighted by Gasteiger charge is 2.22. The number of ether oxygens (including phenoxy) is 1. The number of carbonyl (C=O) groups excluding carboxylic acids is 1. The molecular formula is C25H22Cl2N4O3. The van der Waals surface area contributed by atoms with E-state index in [1.54, 1.807) is 23.1 Å². The van der Waals surface area contributed by atoms with Gasteiger partial charge in [-0.3, -0.25) is 10.2 Å². The molecule has 4 aromatic rings. The topological polar surface area (TPSA) is 70.8 Å². The van der Waals surface area contributed by atoms with Crippen LogP contribution in [0, 0.1) is 0 Å². The number of benzene rings is 3. The molecule has 3 aromatic carbocycles. The highest BCUT2D eigenvalue weighted by Crippen LogP contribution is 2.30. The second kappa shape index (κ2) is 9.93. The van der Waals surface area contributed by atoms with E-state index in [0.29, 0.717) is 40.3 Å². The quantitative estimate of drug-likeness (QED) is 0.352. The van der Waals surface area contributed by atoms with E-state index < -0.39 is 0 Å². The fourth-order valence-corrected chi connectivity index (χ4v) is 4.20. The molecule has 0 aliphatic carbocycles. The van der Waals surface area contributed by atoms with Crippen LogP contribution in [0.3, 0.4) is 0 Å². The van der Waals surface area contributed by atoms with Crippen LogP contribution in [0.25, 0.3) is 11.0 Å². The lowest BCUT2D eigenvalue weighted by Crippen LogP contribution is -2.49. The average Bonchev–Trinajstić information content (AvgIpc) is 3.25. The van der Waals surface area contributed by atoms with Gasteiger partial charge in [-0.25, -0.2) is 4.79 Å². The number of para-hydroxylation sites is 1. The number of carbonyl (C=O) groups is 1. The van der Waals surface area contributed by atoms with Crippen molar-refractivity contribution in [2.75, 3.05) is 31.5 Å². The molecule has 0 bridgehead atoms. The number of hydrogen-bond acceptors (Lipinski definition) is 5. The average molecular weight is 497 g/mol. The van der Waals surface area contributed by atoms with E-state index in [-0.39, 0.29) is 6.03 Å². The Kier molecular flexibility index (Phi) is 6.58. The summed E-state index contributed by atoms with van der Waals surface area (Å²) in [4.78, 5) is 16.8. The van der Waals surface area contributed by atoms with Crippen molar-refractivity contribution in [2.45, 2.75) is 6.54 Å². The zero-order chi connectivity index (χ0) is 23.5. The zero-order valence-corrected chi connectivity index (χ0v) is 19.7. The molecule has 0 spiro atoms. The lowest BCUT2D eigenvalue weighted by Gasteiger charge is -2.34. The van der Waals surface area contributed by atoms with Crippen LogP contribution in [-0.2, 0) is 6.54 Å². The number of rotatable bonds is 5. The van der Waals surface area contributed by atoms with Crippen molar-refractivity contribution in [2.24, 2.45) is 0 Å². The van der Waals surface area contributed by atoms with Gasteiger partial charge in [0, 0.05) is 38.8 Å². The van der Waals surface area contributed by atoms with E-state index in [0.717, 1.165) is 36.3 Å². The van der Waals surface area contributed by atoms with Crippen LogP contribution < -0.4 is 10.1 Å². The highest BCUT2D eigenvalue weighted by molar-refractivity contribution is 6.42. The van der Waals surface area contributed by atoms with Gasteiger partial charge in [-0.05, 0) is 42.0 Å². The van der Waals surface area contributed by atoms with E-state index in [1.165, 1.54) is 0 Å². The summed E-state index contributed by atoms with van der Waals surface area (Å²) in [5.74, 6) is 1.81. The van der Waals surface area contributed by atoms with Gasteiger partial charge in [0.05, 0.1) is 15.4 Å². The Hall–Kier alpha value is -3.26. The van der Waals surface area contributed by atoms with Gasteiger partial charge in [-0.2, -0.15) is 0 Å². The van der Waals surface area contributed by atoms with Gasteiger partial charge in [-0.15, -0.1) is 0 Å². The Labute approximate surface area is 206 Å². The Morgan fingerprint density at radius 3 is 2.56 bits per heavy atom. The molecular weight excluding hydrogens is 475 g/mol. The number of aromatic nitrogens is 1. The lowest BCUT2D eigenvalue weighted by atomic mass is 10.2. The van der Waals surface area contributed by atoms with E-state index in [9.17, 15) is 4.79 Å². The van der Waals surface area contributed by atoms with Gasteiger partial charge in [0.25, 0.3) is 0 Å². The fraction of sp³-hybridized carbons (Fsp3) is 0.200. The Bertz CT molecular complexity index is 1320. The van der Waals surface area contributed by atoms with Gasteiger partial charge >= 0.3 is 6.03 Å². The fourth-order valence-electron chi connectivity index (χ4n) is 3.91. The van der Waals surface area contributed by atoms with E-state index in [2.05, 4.69) is 21.4 Å². The second-order valence-corrected chi connectivity index (χ2v) is 8.86. The molecule has 1 fully saturated rings. The minimum atomic E-state index is -0.171. The second-order valence-electron chi connectivity index (χ2n) is 8.05. The molecule has 9 heteroatoms. The van der Waals surface area contributed by atoms with Crippen LogP contribution in [-0.4, -0.2) is 47.2 Å². The van der Waals surface area contributed by atoms with Gasteiger partial charge < -0.3 is 14.2 Å². The maximum atomic E-state index is 12.7. The molecule has 0 radical (unpaired) electrons. The molecule has 2 heterocycles. The maximum Gasteiger partial charge on any atom is 0.323 e. The summed E-state index contributed by atoms with van der Waals surface area (Å²) in [7, 11) is 0. The zero-order valence-electron chi connectivity index (χ0n) is 18.2. The molecule has 1 aromatic heterocycles. The third kappa shape index (κ3) is 5.12. The first-order valence-electron chi connectivity index (χ1n) is 10.9. The van der Waals surface area contributed by atoms with Crippen molar-refractivity contribution in [1.29, 1.82) is 0 Å². The monoisotopic (exact) mass is 496 g/mol. The number of fused-ring (bicyclic) bond motifs is 1. The van der Waals surface area contributed by atoms with E-state index in [4.69, 9.17) is 32.5 Å². The van der Waals surface area contributed by atoms with Gasteiger partial charge in [0.2, 0.25) is 0 Å². The predicted molar refractivity (Wildman–Crippen MR) is 133 cm³/mol. The Morgan fingerprint density at radius 1 is 0.941 bits per heavy atom. The molecule has 0 atom stereocenters. The van der Waals surface area contributed by atoms with Crippen molar-refractivity contribution in [3.05, 3.63) is 82.3 Å². The van der Waals surface area contributed by atoms with Crippen molar-refractivity contribution >= 4 is 46.0 Å². The summed E-state index contributed by atoms with van der Waals surface area (Å²) in [6, 6.07) is 20.4. The number of piperazine rings is 1. The summed E-state index contributed by atoms with van der Waals surface area (Å²) >= 11 is 12.1. The van der Waals surface area contributed by atoms with Crippen molar-refractivity contribution < 1.29 is 14.1 Å². The Balaban J connectivity index is 1.15. The van der Waals surface area contributed by atoms with Crippen LogP contribution in [0.4, 0.5) is 10.6 Å². The summed E-state index contributed by atoms with van der Waals surface area (Å²) in [5.41, 5.74) is 1.78. The number of nitrogens with one attached hydrogen (secondary N) is 1. The normalized spacial score (nSPS) is 14.4. The number of nitrogens with zero attached hydrogens (tertiary/aromatic N) is 3. The molecule has 7 nitrogen and oxygen atoms in total. The number of anilines is 1. The number of hydrogen-bond donors (Lipinski definition) is 1. The first kappa shape index (κ1) is 22.5. The molecule has 174 valence electrons. The first-order valence-corrected chi connectivity index (χ1v) is 11.7. The summed E-state index contributed by atoms with van der Waals surface area (Å²) in [6.45, 7) is 3.56. The predicted octanol–water partition coefficient (Wildman–Crippen LogP) is 6.28. The number of urea groups is 1. The largest absolute Gasteiger partial charge is 0.457 e. The van der Waals surface area contributed by atoms with Gasteiger partial charge in [-0.1, -0.05) is 52.6 Å². The molecule has 0 unspecified atom stereocenters. The number of amides is 2. The minimum absolute atomic E-state index is 0.171. The van der Waals surface area contributed by atoms with Gasteiger partial charge in [0.1, 0.15) is 11.5 Å². The minimum Gasteiger partial charge on any atom is -0.457 e. The van der Waals surface area contributed by atoms with Crippen molar-refractivity contribution in [1.82, 2.24) is 15.0 Å². The number of halogens is 2. The van der Waals surface area contributed by atoms with Crippen molar-refractivity contribution in [3.63, 3.8) is 0 Å². The lowest BCUT2D eigenvalue weighted by molar-refractivity contribution is 0.143. The van der Waals surface area contributed by atoms with Crippen LogP contribution in [0.1, 0.15) is 5.56 Å². The van der Waals surface area contributed by atoms with E-state index in [1.807, 2.05) is 42.5 Å². The summed E-state index contributed by atoms with van der Waals surface area (Å²) in [5, 5.41) is 8.58. The highest BCUT2D eigenvalue weighted by atomic mass is 35.5. The molecule has 1 saturated heterocycles. The van der Waals surface area contributed by atoms with Crippen LogP contribution in [0.2, 0.25) is 10.0 Å². The van der Waals surface area contributed by atoms with Gasteiger partial charge in [0.15, 0.2) is 11.4 Å². The van der Waals surface area contributed by atoms with Crippen LogP contribution in [0.15, 0.2) is 71.3 Å². The molecule has 2 amide bonds. The van der Waals surface area contributed by atoms with Crippen molar-refractivity contribution in [3.8, 4) is 11.5 Å². The van der Waals surface area contributed by atoms with Crippen LogP contribution >= 0.6 is 23.2 Å². The molecule has 1 aliphatic rings. The Morgan fingerprint density at radius 2 is 1.74 bits per heavy atom. The third-order valence-electron chi connectivity index (χ3n) is 5.69. The molecule has 5 rings (SSSR count). The third-order valence-corrected chi connectivity index (χ3v) is 6.43.